The van der Waals surface area contributed by atoms with Crippen molar-refractivity contribution >= 4 is 5.65 Å². The molecule has 50 valence electrons. The Morgan fingerprint density at radius 1 is 1.50 bits per heavy atom. The Morgan fingerprint density at radius 3 is 3.30 bits per heavy atom. The lowest BCUT2D eigenvalue weighted by Gasteiger charge is -1.88. The van der Waals surface area contributed by atoms with Crippen molar-refractivity contribution in [3.05, 3.63) is 30.5 Å². The van der Waals surface area contributed by atoms with Crippen molar-refractivity contribution in [2.24, 2.45) is 0 Å². The van der Waals surface area contributed by atoms with Crippen LogP contribution >= 0.6 is 0 Å². The van der Waals surface area contributed by atoms with Crippen LogP contribution in [-0.4, -0.2) is 14.6 Å². The molecule has 0 aliphatic rings. The number of hydrogen-bond acceptors (Lipinski definition) is 2. The van der Waals surface area contributed by atoms with Gasteiger partial charge in [0.15, 0.2) is 5.65 Å². The topological polar surface area (TPSA) is 30.2 Å². The Kier molecular flexibility index (Phi) is 0.943. The SMILES string of the molecule is Fc1ccn2ncnc2c1. The third-order valence-electron chi connectivity index (χ3n) is 1.24. The quantitative estimate of drug-likeness (QED) is 0.539. The summed E-state index contributed by atoms with van der Waals surface area (Å²) >= 11 is 0. The molecule has 4 heteroatoms. The van der Waals surface area contributed by atoms with Gasteiger partial charge in [-0.2, -0.15) is 5.10 Å². The van der Waals surface area contributed by atoms with Crippen LogP contribution in [-0.2, 0) is 0 Å². The molecule has 2 rings (SSSR count). The first-order valence-electron chi connectivity index (χ1n) is 2.81. The molecular formula is C6H4FN3. The summed E-state index contributed by atoms with van der Waals surface area (Å²) in [4.78, 5) is 3.79. The summed E-state index contributed by atoms with van der Waals surface area (Å²) in [5.74, 6) is -0.291. The monoisotopic (exact) mass is 137 g/mol. The van der Waals surface area contributed by atoms with Crippen LogP contribution in [0, 0.1) is 5.82 Å². The predicted octanol–water partition coefficient (Wildman–Crippen LogP) is 0.868. The average molecular weight is 137 g/mol. The van der Waals surface area contributed by atoms with Crippen LogP contribution in [0.1, 0.15) is 0 Å². The van der Waals surface area contributed by atoms with Crippen LogP contribution in [0.2, 0.25) is 0 Å². The fourth-order valence-electron chi connectivity index (χ4n) is 0.790. The maximum Gasteiger partial charge on any atom is 0.158 e. The molecule has 0 bridgehead atoms. The van der Waals surface area contributed by atoms with Gasteiger partial charge in [0.2, 0.25) is 0 Å². The van der Waals surface area contributed by atoms with Crippen LogP contribution in [0.3, 0.4) is 0 Å². The molecule has 0 saturated carbocycles. The molecule has 0 unspecified atom stereocenters. The molecule has 0 spiro atoms. The molecule has 2 aromatic heterocycles. The summed E-state index contributed by atoms with van der Waals surface area (Å²) in [6.45, 7) is 0. The van der Waals surface area contributed by atoms with Crippen molar-refractivity contribution in [3.8, 4) is 0 Å². The van der Waals surface area contributed by atoms with Crippen molar-refractivity contribution < 1.29 is 4.39 Å². The first-order chi connectivity index (χ1) is 4.86. The fourth-order valence-corrected chi connectivity index (χ4v) is 0.790. The van der Waals surface area contributed by atoms with Crippen molar-refractivity contribution in [3.63, 3.8) is 0 Å². The van der Waals surface area contributed by atoms with E-state index < -0.39 is 0 Å². The number of nitrogens with zero attached hydrogens (tertiary/aromatic N) is 3. The molecule has 10 heavy (non-hydrogen) atoms. The summed E-state index contributed by atoms with van der Waals surface area (Å²) in [6.07, 6.45) is 2.91. The third kappa shape index (κ3) is 0.655. The molecule has 2 aromatic rings. The minimum absolute atomic E-state index is 0.291. The summed E-state index contributed by atoms with van der Waals surface area (Å²) in [5.41, 5.74) is 0.528. The van der Waals surface area contributed by atoms with Gasteiger partial charge in [-0.15, -0.1) is 0 Å². The van der Waals surface area contributed by atoms with Gasteiger partial charge in [-0.1, -0.05) is 0 Å². The zero-order chi connectivity index (χ0) is 6.97. The van der Waals surface area contributed by atoms with E-state index in [2.05, 4.69) is 10.1 Å². The lowest BCUT2D eigenvalue weighted by molar-refractivity contribution is 0.625. The van der Waals surface area contributed by atoms with E-state index in [9.17, 15) is 4.39 Å². The third-order valence-corrected chi connectivity index (χ3v) is 1.24. The van der Waals surface area contributed by atoms with Gasteiger partial charge in [-0.25, -0.2) is 13.9 Å². The first-order valence-corrected chi connectivity index (χ1v) is 2.81. The molecule has 2 heterocycles. The van der Waals surface area contributed by atoms with E-state index in [1.807, 2.05) is 0 Å². The smallest absolute Gasteiger partial charge is 0.158 e. The average Bonchev–Trinajstić information content (AvgIpc) is 2.33. The number of aromatic nitrogens is 3. The molecule has 0 radical (unpaired) electrons. The van der Waals surface area contributed by atoms with Crippen molar-refractivity contribution in [2.45, 2.75) is 0 Å². The van der Waals surface area contributed by atoms with Crippen molar-refractivity contribution in [1.29, 1.82) is 0 Å². The van der Waals surface area contributed by atoms with Gasteiger partial charge in [-0.3, -0.25) is 0 Å². The molecule has 0 aliphatic heterocycles. The zero-order valence-corrected chi connectivity index (χ0v) is 5.03. The fraction of sp³-hybridized carbons (Fsp3) is 0. The predicted molar refractivity (Wildman–Crippen MR) is 32.9 cm³/mol. The van der Waals surface area contributed by atoms with Crippen LogP contribution in [0.5, 0.6) is 0 Å². The molecule has 0 fully saturated rings. The van der Waals surface area contributed by atoms with Crippen LogP contribution in [0.15, 0.2) is 24.7 Å². The summed E-state index contributed by atoms with van der Waals surface area (Å²) < 4.78 is 13.9. The Bertz CT molecular complexity index is 355. The number of fused-ring (bicyclic) bond motifs is 1. The molecule has 0 amide bonds. The highest BCUT2D eigenvalue weighted by molar-refractivity contribution is 5.35. The second-order valence-electron chi connectivity index (χ2n) is 1.91. The van der Waals surface area contributed by atoms with Gasteiger partial charge in [0.25, 0.3) is 0 Å². The molecule has 3 nitrogen and oxygen atoms in total. The van der Waals surface area contributed by atoms with Gasteiger partial charge in [0.1, 0.15) is 12.1 Å². The maximum atomic E-state index is 12.4. The van der Waals surface area contributed by atoms with E-state index in [1.54, 1.807) is 0 Å². The van der Waals surface area contributed by atoms with Gasteiger partial charge in [0.05, 0.1) is 0 Å². The Balaban J connectivity index is 2.86. The van der Waals surface area contributed by atoms with E-state index in [0.29, 0.717) is 5.65 Å². The van der Waals surface area contributed by atoms with Gasteiger partial charge < -0.3 is 0 Å². The Morgan fingerprint density at radius 2 is 2.40 bits per heavy atom. The zero-order valence-electron chi connectivity index (χ0n) is 5.03. The largest absolute Gasteiger partial charge is 0.221 e. The minimum atomic E-state index is -0.291. The summed E-state index contributed by atoms with van der Waals surface area (Å²) in [5, 5.41) is 3.80. The highest BCUT2D eigenvalue weighted by atomic mass is 19.1. The van der Waals surface area contributed by atoms with Gasteiger partial charge >= 0.3 is 0 Å². The van der Waals surface area contributed by atoms with Gasteiger partial charge in [-0.05, 0) is 6.07 Å². The van der Waals surface area contributed by atoms with Crippen LogP contribution in [0.4, 0.5) is 4.39 Å². The summed E-state index contributed by atoms with van der Waals surface area (Å²) in [6, 6.07) is 2.66. The van der Waals surface area contributed by atoms with Crippen molar-refractivity contribution in [2.75, 3.05) is 0 Å². The second kappa shape index (κ2) is 1.76. The Labute approximate surface area is 56.1 Å². The molecule has 0 N–H and O–H groups in total. The molecular weight excluding hydrogens is 133 g/mol. The Hall–Kier alpha value is -1.45. The number of rotatable bonds is 0. The minimum Gasteiger partial charge on any atom is -0.221 e. The number of hydrogen-bond donors (Lipinski definition) is 0. The van der Waals surface area contributed by atoms with E-state index in [1.165, 1.54) is 29.2 Å². The van der Waals surface area contributed by atoms with Crippen LogP contribution < -0.4 is 0 Å². The number of halogens is 1. The van der Waals surface area contributed by atoms with E-state index >= 15 is 0 Å². The molecule has 0 atom stereocenters. The highest BCUT2D eigenvalue weighted by Gasteiger charge is 1.94. The van der Waals surface area contributed by atoms with E-state index in [-0.39, 0.29) is 5.82 Å². The lowest BCUT2D eigenvalue weighted by Crippen LogP contribution is -1.86. The number of pyridine rings is 1. The maximum absolute atomic E-state index is 12.4. The van der Waals surface area contributed by atoms with Gasteiger partial charge in [0, 0.05) is 12.3 Å². The van der Waals surface area contributed by atoms with Crippen LogP contribution in [0.25, 0.3) is 5.65 Å². The summed E-state index contributed by atoms with van der Waals surface area (Å²) in [7, 11) is 0. The van der Waals surface area contributed by atoms with E-state index in [0.717, 1.165) is 0 Å². The lowest BCUT2D eigenvalue weighted by atomic mass is 10.5. The highest BCUT2D eigenvalue weighted by Crippen LogP contribution is 2.00. The normalized spacial score (nSPS) is 10.5. The second-order valence-corrected chi connectivity index (χ2v) is 1.91. The molecule has 0 aliphatic carbocycles. The molecule has 0 saturated heterocycles. The van der Waals surface area contributed by atoms with E-state index in [4.69, 9.17) is 0 Å². The molecule has 0 aromatic carbocycles. The first kappa shape index (κ1) is 5.34. The standard InChI is InChI=1S/C6H4FN3/c7-5-1-2-10-6(3-5)8-4-9-10/h1-4H. The van der Waals surface area contributed by atoms with Crippen molar-refractivity contribution in [1.82, 2.24) is 14.6 Å².